The van der Waals surface area contributed by atoms with Crippen LogP contribution in [0.25, 0.3) is 0 Å². The summed E-state index contributed by atoms with van der Waals surface area (Å²) in [5.74, 6) is -0.842. The first-order valence-corrected chi connectivity index (χ1v) is 5.59. The smallest absolute Gasteiger partial charge is 0.275 e. The molecule has 1 aromatic rings. The van der Waals surface area contributed by atoms with E-state index in [4.69, 9.17) is 5.21 Å². The molecule has 0 radical (unpaired) electrons. The van der Waals surface area contributed by atoms with Crippen molar-refractivity contribution >= 4 is 15.7 Å². The molecule has 0 aliphatic rings. The summed E-state index contributed by atoms with van der Waals surface area (Å²) in [6.45, 7) is 0. The molecule has 1 aromatic carbocycles. The standard InChI is InChI=1S/C8H9NO4S/c1-14(12,13)7-5-3-2-4-6(7)8(10)9-11/h2-5,11H,1H3,(H,9,10). The molecule has 0 aliphatic heterocycles. The Balaban J connectivity index is 3.38. The third kappa shape index (κ3) is 2.09. The second-order valence-corrected chi connectivity index (χ2v) is 4.69. The van der Waals surface area contributed by atoms with Crippen molar-refractivity contribution in [2.24, 2.45) is 0 Å². The lowest BCUT2D eigenvalue weighted by atomic mass is 10.2. The van der Waals surface area contributed by atoms with Crippen molar-refractivity contribution in [3.8, 4) is 0 Å². The Kier molecular flexibility index (Phi) is 2.87. The minimum atomic E-state index is -3.46. The molecule has 1 amide bonds. The summed E-state index contributed by atoms with van der Waals surface area (Å²) in [4.78, 5) is 11.0. The number of hydroxylamine groups is 1. The Hall–Kier alpha value is -1.40. The van der Waals surface area contributed by atoms with Crippen LogP contribution in [0.3, 0.4) is 0 Å². The number of rotatable bonds is 2. The van der Waals surface area contributed by atoms with Gasteiger partial charge in [0.2, 0.25) is 0 Å². The van der Waals surface area contributed by atoms with E-state index in [-0.39, 0.29) is 10.5 Å². The Morgan fingerprint density at radius 1 is 1.36 bits per heavy atom. The van der Waals surface area contributed by atoms with E-state index in [0.717, 1.165) is 6.26 Å². The maximum Gasteiger partial charge on any atom is 0.275 e. The highest BCUT2D eigenvalue weighted by Crippen LogP contribution is 2.14. The second-order valence-electron chi connectivity index (χ2n) is 2.71. The predicted molar refractivity (Wildman–Crippen MR) is 48.8 cm³/mol. The molecule has 14 heavy (non-hydrogen) atoms. The highest BCUT2D eigenvalue weighted by Gasteiger charge is 2.17. The molecule has 0 fully saturated rings. The Morgan fingerprint density at radius 3 is 2.43 bits per heavy atom. The average Bonchev–Trinajstić information content (AvgIpc) is 2.15. The number of benzene rings is 1. The summed E-state index contributed by atoms with van der Waals surface area (Å²) in [7, 11) is -3.46. The SMILES string of the molecule is CS(=O)(=O)c1ccccc1C(=O)NO. The number of sulfone groups is 1. The number of hydrogen-bond donors (Lipinski definition) is 2. The van der Waals surface area contributed by atoms with Crippen LogP contribution in [0.15, 0.2) is 29.2 Å². The molecule has 1 rings (SSSR count). The maximum atomic E-state index is 11.2. The van der Waals surface area contributed by atoms with Gasteiger partial charge in [-0.05, 0) is 12.1 Å². The van der Waals surface area contributed by atoms with E-state index < -0.39 is 15.7 Å². The molecule has 0 aliphatic carbocycles. The minimum absolute atomic E-state index is 0.0718. The average molecular weight is 215 g/mol. The maximum absolute atomic E-state index is 11.2. The van der Waals surface area contributed by atoms with Gasteiger partial charge in [0.25, 0.3) is 5.91 Å². The lowest BCUT2D eigenvalue weighted by Gasteiger charge is -2.04. The van der Waals surface area contributed by atoms with Crippen LogP contribution >= 0.6 is 0 Å². The first-order chi connectivity index (χ1) is 6.46. The van der Waals surface area contributed by atoms with Crippen molar-refractivity contribution in [1.29, 1.82) is 0 Å². The largest absolute Gasteiger partial charge is 0.288 e. The van der Waals surface area contributed by atoms with Crippen molar-refractivity contribution in [2.75, 3.05) is 6.26 Å². The molecule has 0 saturated heterocycles. The van der Waals surface area contributed by atoms with Crippen molar-refractivity contribution in [3.63, 3.8) is 0 Å². The Labute approximate surface area is 81.2 Å². The van der Waals surface area contributed by atoms with E-state index >= 15 is 0 Å². The molecule has 6 heteroatoms. The van der Waals surface area contributed by atoms with Gasteiger partial charge >= 0.3 is 0 Å². The van der Waals surface area contributed by atoms with Crippen molar-refractivity contribution in [2.45, 2.75) is 4.90 Å². The predicted octanol–water partition coefficient (Wildman–Crippen LogP) is 0.209. The van der Waals surface area contributed by atoms with Gasteiger partial charge in [0, 0.05) is 6.26 Å². The Morgan fingerprint density at radius 2 is 1.93 bits per heavy atom. The van der Waals surface area contributed by atoms with Crippen LogP contribution in [-0.4, -0.2) is 25.8 Å². The van der Waals surface area contributed by atoms with Crippen LogP contribution in [0.2, 0.25) is 0 Å². The molecule has 0 heterocycles. The van der Waals surface area contributed by atoms with E-state index in [9.17, 15) is 13.2 Å². The first kappa shape index (κ1) is 10.7. The molecular formula is C8H9NO4S. The van der Waals surface area contributed by atoms with Gasteiger partial charge in [-0.25, -0.2) is 13.9 Å². The van der Waals surface area contributed by atoms with Crippen LogP contribution in [0.4, 0.5) is 0 Å². The fraction of sp³-hybridized carbons (Fsp3) is 0.125. The summed E-state index contributed by atoms with van der Waals surface area (Å²) >= 11 is 0. The highest BCUT2D eigenvalue weighted by atomic mass is 32.2. The topological polar surface area (TPSA) is 83.5 Å². The number of hydrogen-bond acceptors (Lipinski definition) is 4. The van der Waals surface area contributed by atoms with Crippen LogP contribution in [-0.2, 0) is 9.84 Å². The van der Waals surface area contributed by atoms with Crippen LogP contribution in [0.1, 0.15) is 10.4 Å². The second kappa shape index (κ2) is 3.77. The van der Waals surface area contributed by atoms with Gasteiger partial charge in [-0.2, -0.15) is 0 Å². The van der Waals surface area contributed by atoms with Gasteiger partial charge in [0.05, 0.1) is 10.5 Å². The van der Waals surface area contributed by atoms with E-state index in [1.807, 2.05) is 0 Å². The van der Waals surface area contributed by atoms with Crippen molar-refractivity contribution in [3.05, 3.63) is 29.8 Å². The number of carbonyl (C=O) groups excluding carboxylic acids is 1. The summed E-state index contributed by atoms with van der Waals surface area (Å²) in [5.41, 5.74) is 1.32. The molecule has 5 nitrogen and oxygen atoms in total. The number of amides is 1. The lowest BCUT2D eigenvalue weighted by Crippen LogP contribution is -2.21. The number of carbonyl (C=O) groups is 1. The van der Waals surface area contributed by atoms with E-state index in [2.05, 4.69) is 0 Å². The third-order valence-corrected chi connectivity index (χ3v) is 2.79. The molecule has 0 saturated carbocycles. The van der Waals surface area contributed by atoms with Crippen LogP contribution in [0.5, 0.6) is 0 Å². The van der Waals surface area contributed by atoms with Crippen LogP contribution in [0, 0.1) is 0 Å². The van der Waals surface area contributed by atoms with Crippen molar-refractivity contribution < 1.29 is 18.4 Å². The molecular weight excluding hydrogens is 206 g/mol. The van der Waals surface area contributed by atoms with E-state index in [0.29, 0.717) is 0 Å². The lowest BCUT2D eigenvalue weighted by molar-refractivity contribution is 0.0702. The molecule has 0 unspecified atom stereocenters. The highest BCUT2D eigenvalue weighted by molar-refractivity contribution is 7.90. The normalized spacial score (nSPS) is 11.0. The van der Waals surface area contributed by atoms with Crippen molar-refractivity contribution in [1.82, 2.24) is 5.48 Å². The Bertz CT molecular complexity index is 452. The van der Waals surface area contributed by atoms with Gasteiger partial charge in [-0.3, -0.25) is 10.0 Å². The zero-order valence-electron chi connectivity index (χ0n) is 7.39. The first-order valence-electron chi connectivity index (χ1n) is 3.70. The number of nitrogens with one attached hydrogen (secondary N) is 1. The zero-order valence-corrected chi connectivity index (χ0v) is 8.21. The van der Waals surface area contributed by atoms with Gasteiger partial charge < -0.3 is 0 Å². The van der Waals surface area contributed by atoms with Crippen LogP contribution < -0.4 is 5.48 Å². The van der Waals surface area contributed by atoms with Gasteiger partial charge in [0.1, 0.15) is 0 Å². The van der Waals surface area contributed by atoms with E-state index in [1.165, 1.54) is 29.7 Å². The molecule has 2 N–H and O–H groups in total. The minimum Gasteiger partial charge on any atom is -0.288 e. The molecule has 0 aromatic heterocycles. The van der Waals surface area contributed by atoms with Gasteiger partial charge in [-0.15, -0.1) is 0 Å². The third-order valence-electron chi connectivity index (χ3n) is 1.63. The molecule has 0 atom stereocenters. The monoisotopic (exact) mass is 215 g/mol. The summed E-state index contributed by atoms with van der Waals surface area (Å²) in [6.07, 6.45) is 0.997. The fourth-order valence-electron chi connectivity index (χ4n) is 1.04. The quantitative estimate of drug-likeness (QED) is 0.545. The molecule has 0 spiro atoms. The zero-order chi connectivity index (χ0) is 10.8. The van der Waals surface area contributed by atoms with Gasteiger partial charge in [-0.1, -0.05) is 12.1 Å². The molecule has 0 bridgehead atoms. The summed E-state index contributed by atoms with van der Waals surface area (Å²) < 4.78 is 22.4. The van der Waals surface area contributed by atoms with Gasteiger partial charge in [0.15, 0.2) is 9.84 Å². The summed E-state index contributed by atoms with van der Waals surface area (Å²) in [5, 5.41) is 8.38. The van der Waals surface area contributed by atoms with E-state index in [1.54, 1.807) is 0 Å². The fourth-order valence-corrected chi connectivity index (χ4v) is 1.92. The molecule has 76 valence electrons. The summed E-state index contributed by atoms with van der Waals surface area (Å²) in [6, 6.07) is 5.64.